The second kappa shape index (κ2) is 6.31. The minimum Gasteiger partial charge on any atom is -0.383 e. The van der Waals surface area contributed by atoms with E-state index in [0.717, 1.165) is 16.7 Å². The van der Waals surface area contributed by atoms with Crippen LogP contribution in [0.15, 0.2) is 9.85 Å². The molecule has 13 heavy (non-hydrogen) atoms. The topological polar surface area (TPSA) is 47.0 Å². The molecule has 0 radical (unpaired) electrons. The van der Waals surface area contributed by atoms with Crippen molar-refractivity contribution in [3.8, 4) is 0 Å². The van der Waals surface area contributed by atoms with E-state index >= 15 is 0 Å². The molecule has 0 saturated heterocycles. The van der Waals surface area contributed by atoms with Crippen molar-refractivity contribution < 1.29 is 4.74 Å². The quantitative estimate of drug-likeness (QED) is 0.719. The number of methoxy groups -OCH3 is 1. The highest BCUT2D eigenvalue weighted by molar-refractivity contribution is 8.01. The van der Waals surface area contributed by atoms with Crippen molar-refractivity contribution in [1.82, 2.24) is 15.5 Å². The van der Waals surface area contributed by atoms with Crippen LogP contribution in [0.2, 0.25) is 0 Å². The number of nitrogens with zero attached hydrogens (tertiary/aromatic N) is 2. The number of thioether (sulfide) groups is 1. The molecule has 1 aromatic rings. The van der Waals surface area contributed by atoms with Gasteiger partial charge in [-0.15, -0.1) is 10.2 Å². The first-order chi connectivity index (χ1) is 6.36. The lowest BCUT2D eigenvalue weighted by molar-refractivity contribution is 0.177. The van der Waals surface area contributed by atoms with Crippen molar-refractivity contribution >= 4 is 23.1 Å². The summed E-state index contributed by atoms with van der Waals surface area (Å²) in [5.74, 6) is 0.958. The van der Waals surface area contributed by atoms with Crippen LogP contribution in [0.4, 0.5) is 0 Å². The van der Waals surface area contributed by atoms with E-state index < -0.39 is 0 Å². The van der Waals surface area contributed by atoms with Crippen molar-refractivity contribution in [2.45, 2.75) is 10.4 Å². The average Bonchev–Trinajstić information content (AvgIpc) is 2.64. The normalized spacial score (nSPS) is 13.1. The van der Waals surface area contributed by atoms with Crippen LogP contribution in [0.5, 0.6) is 0 Å². The molecule has 74 valence electrons. The second-order valence-electron chi connectivity index (χ2n) is 2.46. The maximum atomic E-state index is 5.06. The Morgan fingerprint density at radius 3 is 3.15 bits per heavy atom. The van der Waals surface area contributed by atoms with Crippen LogP contribution in [0, 0.1) is 0 Å². The number of hydrogen-bond acceptors (Lipinski definition) is 6. The predicted octanol–water partition coefficient (Wildman–Crippen LogP) is 0.865. The summed E-state index contributed by atoms with van der Waals surface area (Å²) in [6.45, 7) is 0.725. The Balaban J connectivity index is 2.23. The monoisotopic (exact) mass is 219 g/mol. The van der Waals surface area contributed by atoms with Crippen LogP contribution in [0.3, 0.4) is 0 Å². The van der Waals surface area contributed by atoms with Gasteiger partial charge in [-0.2, -0.15) is 0 Å². The Kier molecular flexibility index (Phi) is 5.29. The third kappa shape index (κ3) is 4.04. The molecule has 1 heterocycles. The maximum absolute atomic E-state index is 5.06. The van der Waals surface area contributed by atoms with Crippen LogP contribution in [0.1, 0.15) is 0 Å². The van der Waals surface area contributed by atoms with Crippen molar-refractivity contribution in [2.75, 3.05) is 26.5 Å². The lowest BCUT2D eigenvalue weighted by atomic mass is 10.4. The molecule has 1 N–H and O–H groups in total. The summed E-state index contributed by atoms with van der Waals surface area (Å²) in [5, 5.41) is 10.9. The first-order valence-electron chi connectivity index (χ1n) is 3.92. The molecule has 0 spiro atoms. The molecule has 0 aliphatic heterocycles. The van der Waals surface area contributed by atoms with Gasteiger partial charge in [0.2, 0.25) is 0 Å². The number of aromatic nitrogens is 2. The van der Waals surface area contributed by atoms with Gasteiger partial charge in [0, 0.05) is 18.9 Å². The SMILES string of the molecule is CNC(COC)CSc1nncs1. The highest BCUT2D eigenvalue weighted by atomic mass is 32.2. The number of likely N-dealkylation sites (N-methyl/N-ethyl adjacent to an activating group) is 1. The van der Waals surface area contributed by atoms with Gasteiger partial charge in [-0.3, -0.25) is 0 Å². The summed E-state index contributed by atoms with van der Waals surface area (Å²) in [7, 11) is 3.64. The minimum atomic E-state index is 0.374. The van der Waals surface area contributed by atoms with Crippen LogP contribution < -0.4 is 5.32 Å². The molecule has 1 rings (SSSR count). The highest BCUT2D eigenvalue weighted by Crippen LogP contribution is 2.19. The van der Waals surface area contributed by atoms with E-state index in [1.54, 1.807) is 35.7 Å². The fourth-order valence-corrected chi connectivity index (χ4v) is 2.41. The van der Waals surface area contributed by atoms with Gasteiger partial charge in [0.05, 0.1) is 6.61 Å². The number of ether oxygens (including phenoxy) is 1. The molecule has 6 heteroatoms. The molecule has 1 aromatic heterocycles. The van der Waals surface area contributed by atoms with Gasteiger partial charge < -0.3 is 10.1 Å². The molecular weight excluding hydrogens is 206 g/mol. The van der Waals surface area contributed by atoms with E-state index in [9.17, 15) is 0 Å². The predicted molar refractivity (Wildman–Crippen MR) is 55.4 cm³/mol. The summed E-state index contributed by atoms with van der Waals surface area (Å²) >= 11 is 3.27. The minimum absolute atomic E-state index is 0.374. The number of hydrogen-bond donors (Lipinski definition) is 1. The molecule has 0 amide bonds. The molecule has 0 aliphatic carbocycles. The smallest absolute Gasteiger partial charge is 0.174 e. The van der Waals surface area contributed by atoms with E-state index in [-0.39, 0.29) is 0 Å². The van der Waals surface area contributed by atoms with E-state index in [4.69, 9.17) is 4.74 Å². The van der Waals surface area contributed by atoms with Gasteiger partial charge in [-0.1, -0.05) is 23.1 Å². The van der Waals surface area contributed by atoms with Gasteiger partial charge in [-0.05, 0) is 7.05 Å². The first-order valence-corrected chi connectivity index (χ1v) is 5.78. The van der Waals surface area contributed by atoms with E-state index in [1.807, 2.05) is 7.05 Å². The molecule has 0 fully saturated rings. The zero-order chi connectivity index (χ0) is 9.52. The zero-order valence-electron chi connectivity index (χ0n) is 7.69. The summed E-state index contributed by atoms with van der Waals surface area (Å²) in [4.78, 5) is 0. The molecule has 1 unspecified atom stereocenters. The molecule has 0 bridgehead atoms. The Bertz CT molecular complexity index is 218. The summed E-state index contributed by atoms with van der Waals surface area (Å²) in [5.41, 5.74) is 1.74. The van der Waals surface area contributed by atoms with Crippen LogP contribution in [0.25, 0.3) is 0 Å². The third-order valence-corrected chi connectivity index (χ3v) is 3.55. The lowest BCUT2D eigenvalue weighted by Gasteiger charge is -2.12. The standard InChI is InChI=1S/C7H13N3OS2/c1-8-6(3-11-2)4-12-7-10-9-5-13-7/h5-6,8H,3-4H2,1-2H3. The molecule has 0 aromatic carbocycles. The Morgan fingerprint density at radius 1 is 1.77 bits per heavy atom. The van der Waals surface area contributed by atoms with Gasteiger partial charge in [-0.25, -0.2) is 0 Å². The molecule has 0 aliphatic rings. The summed E-state index contributed by atoms with van der Waals surface area (Å²) in [6.07, 6.45) is 0. The van der Waals surface area contributed by atoms with Gasteiger partial charge in [0.15, 0.2) is 4.34 Å². The number of rotatable bonds is 6. The Labute approximate surface area is 86.1 Å². The van der Waals surface area contributed by atoms with Crippen molar-refractivity contribution in [3.63, 3.8) is 0 Å². The van der Waals surface area contributed by atoms with Crippen LogP contribution in [-0.2, 0) is 4.74 Å². The van der Waals surface area contributed by atoms with E-state index in [2.05, 4.69) is 15.5 Å². The molecule has 1 atom stereocenters. The second-order valence-corrected chi connectivity index (χ2v) is 4.56. The van der Waals surface area contributed by atoms with Gasteiger partial charge in [0.1, 0.15) is 5.51 Å². The highest BCUT2D eigenvalue weighted by Gasteiger charge is 2.07. The van der Waals surface area contributed by atoms with Crippen LogP contribution in [-0.4, -0.2) is 42.8 Å². The third-order valence-electron chi connectivity index (χ3n) is 1.52. The van der Waals surface area contributed by atoms with Crippen molar-refractivity contribution in [3.05, 3.63) is 5.51 Å². The number of nitrogens with one attached hydrogen (secondary N) is 1. The fraction of sp³-hybridized carbons (Fsp3) is 0.714. The summed E-state index contributed by atoms with van der Waals surface area (Å²) < 4.78 is 6.07. The summed E-state index contributed by atoms with van der Waals surface area (Å²) in [6, 6.07) is 0.374. The van der Waals surface area contributed by atoms with E-state index in [1.165, 1.54) is 0 Å². The average molecular weight is 219 g/mol. The first kappa shape index (κ1) is 10.9. The molecule has 0 saturated carbocycles. The van der Waals surface area contributed by atoms with Crippen molar-refractivity contribution in [2.24, 2.45) is 0 Å². The Hall–Kier alpha value is -0.170. The van der Waals surface area contributed by atoms with Gasteiger partial charge >= 0.3 is 0 Å². The Morgan fingerprint density at radius 2 is 2.62 bits per heavy atom. The fourth-order valence-electron chi connectivity index (χ4n) is 0.814. The lowest BCUT2D eigenvalue weighted by Crippen LogP contribution is -2.32. The zero-order valence-corrected chi connectivity index (χ0v) is 9.32. The molecular formula is C7H13N3OS2. The largest absolute Gasteiger partial charge is 0.383 e. The van der Waals surface area contributed by atoms with Crippen LogP contribution >= 0.6 is 23.1 Å². The van der Waals surface area contributed by atoms with E-state index in [0.29, 0.717) is 6.04 Å². The molecule has 4 nitrogen and oxygen atoms in total. The van der Waals surface area contributed by atoms with Gasteiger partial charge in [0.25, 0.3) is 0 Å². The van der Waals surface area contributed by atoms with Crippen molar-refractivity contribution in [1.29, 1.82) is 0 Å². The maximum Gasteiger partial charge on any atom is 0.174 e.